The lowest BCUT2D eigenvalue weighted by Gasteiger charge is -2.18. The van der Waals surface area contributed by atoms with Gasteiger partial charge in [-0.3, -0.25) is 4.98 Å². The first-order valence-corrected chi connectivity index (χ1v) is 6.41. The molecule has 1 unspecified atom stereocenters. The Kier molecular flexibility index (Phi) is 3.71. The number of hydrogen-bond donors (Lipinski definition) is 1. The van der Waals surface area contributed by atoms with Crippen LogP contribution >= 0.6 is 0 Å². The van der Waals surface area contributed by atoms with Gasteiger partial charge in [0.15, 0.2) is 0 Å². The van der Waals surface area contributed by atoms with E-state index in [4.69, 9.17) is 5.73 Å². The summed E-state index contributed by atoms with van der Waals surface area (Å²) in [5, 5.41) is 0.839. The van der Waals surface area contributed by atoms with E-state index in [-0.39, 0.29) is 11.9 Å². The highest BCUT2D eigenvalue weighted by Gasteiger charge is 2.12. The predicted molar refractivity (Wildman–Crippen MR) is 78.1 cm³/mol. The van der Waals surface area contributed by atoms with Crippen molar-refractivity contribution in [3.05, 3.63) is 35.3 Å². The number of rotatable bonds is 3. The molecule has 4 heteroatoms. The second-order valence-corrected chi connectivity index (χ2v) is 5.32. The Balaban J connectivity index is 2.76. The van der Waals surface area contributed by atoms with Crippen molar-refractivity contribution in [2.45, 2.75) is 26.3 Å². The fraction of sp³-hybridized carbons (Fsp3) is 0.400. The first kappa shape index (κ1) is 13.7. The van der Waals surface area contributed by atoms with Gasteiger partial charge in [-0.1, -0.05) is 0 Å². The summed E-state index contributed by atoms with van der Waals surface area (Å²) in [5.74, 6) is -0.239. The first-order valence-electron chi connectivity index (χ1n) is 6.41. The number of benzene rings is 1. The van der Waals surface area contributed by atoms with Gasteiger partial charge in [-0.2, -0.15) is 0 Å². The fourth-order valence-electron chi connectivity index (χ4n) is 2.34. The van der Waals surface area contributed by atoms with Crippen LogP contribution < -0.4 is 10.6 Å². The van der Waals surface area contributed by atoms with E-state index < -0.39 is 0 Å². The third-order valence-electron chi connectivity index (χ3n) is 3.09. The Labute approximate surface area is 113 Å². The van der Waals surface area contributed by atoms with E-state index in [0.717, 1.165) is 27.8 Å². The SMILES string of the molecule is Cc1cc(N(C)C)c2cc(F)cc(CC(C)N)c2n1. The molecule has 102 valence electrons. The Morgan fingerprint density at radius 2 is 2.00 bits per heavy atom. The molecule has 0 radical (unpaired) electrons. The number of nitrogens with two attached hydrogens (primary N) is 1. The minimum atomic E-state index is -0.239. The van der Waals surface area contributed by atoms with Crippen LogP contribution in [0.15, 0.2) is 18.2 Å². The zero-order valence-electron chi connectivity index (χ0n) is 11.9. The van der Waals surface area contributed by atoms with Crippen LogP contribution in [-0.4, -0.2) is 25.1 Å². The van der Waals surface area contributed by atoms with Crippen molar-refractivity contribution in [2.75, 3.05) is 19.0 Å². The van der Waals surface area contributed by atoms with Gasteiger partial charge in [0.25, 0.3) is 0 Å². The van der Waals surface area contributed by atoms with Gasteiger partial charge in [0, 0.05) is 36.9 Å². The highest BCUT2D eigenvalue weighted by atomic mass is 19.1. The second-order valence-electron chi connectivity index (χ2n) is 5.32. The van der Waals surface area contributed by atoms with E-state index >= 15 is 0 Å². The van der Waals surface area contributed by atoms with Gasteiger partial charge >= 0.3 is 0 Å². The molecule has 0 amide bonds. The van der Waals surface area contributed by atoms with Crippen LogP contribution in [0.25, 0.3) is 10.9 Å². The second kappa shape index (κ2) is 5.13. The van der Waals surface area contributed by atoms with Crippen LogP contribution in [0, 0.1) is 12.7 Å². The van der Waals surface area contributed by atoms with Crippen molar-refractivity contribution in [1.29, 1.82) is 0 Å². The third kappa shape index (κ3) is 2.84. The molecule has 1 atom stereocenters. The predicted octanol–water partition coefficient (Wildman–Crippen LogP) is 2.64. The maximum absolute atomic E-state index is 13.8. The number of pyridine rings is 1. The molecule has 1 heterocycles. The number of aryl methyl sites for hydroxylation is 1. The van der Waals surface area contributed by atoms with Crippen molar-refractivity contribution in [3.63, 3.8) is 0 Å². The summed E-state index contributed by atoms with van der Waals surface area (Å²) in [6.45, 7) is 3.87. The summed E-state index contributed by atoms with van der Waals surface area (Å²) < 4.78 is 13.8. The molecular weight excluding hydrogens is 241 g/mol. The van der Waals surface area contributed by atoms with Gasteiger partial charge in [0.1, 0.15) is 5.82 Å². The maximum Gasteiger partial charge on any atom is 0.124 e. The van der Waals surface area contributed by atoms with Crippen LogP contribution in [0.1, 0.15) is 18.2 Å². The normalized spacial score (nSPS) is 12.7. The molecule has 3 nitrogen and oxygen atoms in total. The van der Waals surface area contributed by atoms with E-state index in [1.54, 1.807) is 6.07 Å². The average molecular weight is 261 g/mol. The van der Waals surface area contributed by atoms with E-state index in [1.165, 1.54) is 6.07 Å². The quantitative estimate of drug-likeness (QED) is 0.923. The molecule has 1 aromatic carbocycles. The Morgan fingerprint density at radius 3 is 2.58 bits per heavy atom. The fourth-order valence-corrected chi connectivity index (χ4v) is 2.34. The number of anilines is 1. The summed E-state index contributed by atoms with van der Waals surface area (Å²) in [6.07, 6.45) is 0.623. The number of halogens is 1. The summed E-state index contributed by atoms with van der Waals surface area (Å²) >= 11 is 0. The van der Waals surface area contributed by atoms with Crippen molar-refractivity contribution >= 4 is 16.6 Å². The monoisotopic (exact) mass is 261 g/mol. The summed E-state index contributed by atoms with van der Waals surface area (Å²) in [6, 6.07) is 5.03. The average Bonchev–Trinajstić information content (AvgIpc) is 2.28. The third-order valence-corrected chi connectivity index (χ3v) is 3.09. The molecule has 19 heavy (non-hydrogen) atoms. The Hall–Kier alpha value is -1.68. The zero-order chi connectivity index (χ0) is 14.2. The molecule has 0 saturated carbocycles. The van der Waals surface area contributed by atoms with Gasteiger partial charge in [0.05, 0.1) is 5.52 Å². The molecule has 2 N–H and O–H groups in total. The van der Waals surface area contributed by atoms with Crippen molar-refractivity contribution in [3.8, 4) is 0 Å². The molecule has 0 fully saturated rings. The van der Waals surface area contributed by atoms with Crippen LogP contribution in [-0.2, 0) is 6.42 Å². The highest BCUT2D eigenvalue weighted by Crippen LogP contribution is 2.29. The topological polar surface area (TPSA) is 42.1 Å². The Morgan fingerprint density at radius 1 is 1.32 bits per heavy atom. The van der Waals surface area contributed by atoms with Crippen LogP contribution in [0.3, 0.4) is 0 Å². The summed E-state index contributed by atoms with van der Waals surface area (Å²) in [7, 11) is 3.90. The van der Waals surface area contributed by atoms with Crippen LogP contribution in [0.4, 0.5) is 10.1 Å². The van der Waals surface area contributed by atoms with Crippen molar-refractivity contribution in [1.82, 2.24) is 4.98 Å². The highest BCUT2D eigenvalue weighted by molar-refractivity contribution is 5.93. The lowest BCUT2D eigenvalue weighted by molar-refractivity contribution is 0.625. The first-order chi connectivity index (χ1) is 8.88. The molecule has 0 aliphatic heterocycles. The van der Waals surface area contributed by atoms with E-state index in [9.17, 15) is 4.39 Å². The molecule has 0 saturated heterocycles. The molecule has 2 aromatic rings. The molecule has 0 aliphatic carbocycles. The van der Waals surface area contributed by atoms with E-state index in [2.05, 4.69) is 4.98 Å². The van der Waals surface area contributed by atoms with E-state index in [0.29, 0.717) is 6.42 Å². The zero-order valence-corrected chi connectivity index (χ0v) is 11.9. The lowest BCUT2D eigenvalue weighted by atomic mass is 10.0. The largest absolute Gasteiger partial charge is 0.377 e. The molecule has 0 bridgehead atoms. The van der Waals surface area contributed by atoms with Crippen LogP contribution in [0.5, 0.6) is 0 Å². The lowest BCUT2D eigenvalue weighted by Crippen LogP contribution is -2.18. The molecule has 0 spiro atoms. The standard InChI is InChI=1S/C15H20FN3/c1-9(17)5-11-7-12(16)8-13-14(19(3)4)6-10(2)18-15(11)13/h6-9H,5,17H2,1-4H3. The van der Waals surface area contributed by atoms with Crippen molar-refractivity contribution < 1.29 is 4.39 Å². The Bertz CT molecular complexity index is 606. The van der Waals surface area contributed by atoms with Crippen molar-refractivity contribution in [2.24, 2.45) is 5.73 Å². The summed E-state index contributed by atoms with van der Waals surface area (Å²) in [5.41, 5.74) is 9.47. The number of hydrogen-bond acceptors (Lipinski definition) is 3. The van der Waals surface area contributed by atoms with Gasteiger partial charge in [-0.05, 0) is 44.0 Å². The van der Waals surface area contributed by atoms with Gasteiger partial charge in [-0.25, -0.2) is 4.39 Å². The molecule has 0 aliphatic rings. The van der Waals surface area contributed by atoms with Gasteiger partial charge in [-0.15, -0.1) is 0 Å². The van der Waals surface area contributed by atoms with Gasteiger partial charge < -0.3 is 10.6 Å². The molecule has 2 rings (SSSR count). The number of fused-ring (bicyclic) bond motifs is 1. The minimum absolute atomic E-state index is 0.0184. The van der Waals surface area contributed by atoms with E-state index in [1.807, 2.05) is 38.9 Å². The molecule has 1 aromatic heterocycles. The number of nitrogens with zero attached hydrogens (tertiary/aromatic N) is 2. The van der Waals surface area contributed by atoms with Crippen LogP contribution in [0.2, 0.25) is 0 Å². The maximum atomic E-state index is 13.8. The molecular formula is C15H20FN3. The minimum Gasteiger partial charge on any atom is -0.377 e. The van der Waals surface area contributed by atoms with Gasteiger partial charge in [0.2, 0.25) is 0 Å². The smallest absolute Gasteiger partial charge is 0.124 e. The number of aromatic nitrogens is 1. The summed E-state index contributed by atoms with van der Waals surface area (Å²) in [4.78, 5) is 6.54.